The molecule has 1 amide bonds. The summed E-state index contributed by atoms with van der Waals surface area (Å²) in [6, 6.07) is 9.50. The van der Waals surface area contributed by atoms with Crippen LogP contribution in [0.25, 0.3) is 0 Å². The molecule has 1 aromatic carbocycles. The number of nitrogens with zero attached hydrogens (tertiary/aromatic N) is 3. The van der Waals surface area contributed by atoms with Gasteiger partial charge in [-0.15, -0.1) is 0 Å². The fraction of sp³-hybridized carbons (Fsp3) is 0.312. The minimum Gasteiger partial charge on any atom is -0.363 e. The molecule has 6 nitrogen and oxygen atoms in total. The minimum absolute atomic E-state index is 0.137. The van der Waals surface area contributed by atoms with Gasteiger partial charge in [0.2, 0.25) is 5.95 Å². The van der Waals surface area contributed by atoms with Gasteiger partial charge in [0, 0.05) is 38.8 Å². The molecule has 0 atom stereocenters. The molecule has 2 rings (SSSR count). The van der Waals surface area contributed by atoms with Crippen LogP contribution in [0.15, 0.2) is 36.4 Å². The van der Waals surface area contributed by atoms with Crippen molar-refractivity contribution in [1.29, 1.82) is 0 Å². The number of carbonyl (C=O) groups is 1. The molecule has 2 N–H and O–H groups in total. The Morgan fingerprint density at radius 3 is 2.40 bits per heavy atom. The van der Waals surface area contributed by atoms with Crippen LogP contribution in [0, 0.1) is 0 Å². The van der Waals surface area contributed by atoms with Crippen molar-refractivity contribution < 1.29 is 18.0 Å². The second-order valence-electron chi connectivity index (χ2n) is 5.38. The zero-order valence-corrected chi connectivity index (χ0v) is 13.8. The molecule has 0 aliphatic rings. The summed E-state index contributed by atoms with van der Waals surface area (Å²) in [6.07, 6.45) is -4.56. The van der Waals surface area contributed by atoms with Crippen LogP contribution in [0.3, 0.4) is 0 Å². The molecule has 0 bridgehead atoms. The number of nitrogens with one attached hydrogen (secondary N) is 2. The molecular weight excluding hydrogens is 335 g/mol. The number of hydrogen-bond donors (Lipinski definition) is 2. The lowest BCUT2D eigenvalue weighted by molar-refractivity contribution is -0.141. The lowest BCUT2D eigenvalue weighted by Crippen LogP contribution is -2.29. The van der Waals surface area contributed by atoms with Gasteiger partial charge in [0.25, 0.3) is 5.91 Å². The Labute approximate surface area is 143 Å². The van der Waals surface area contributed by atoms with E-state index in [4.69, 9.17) is 0 Å². The molecule has 134 valence electrons. The normalized spacial score (nSPS) is 11.1. The van der Waals surface area contributed by atoms with Crippen LogP contribution in [0.1, 0.15) is 16.1 Å². The van der Waals surface area contributed by atoms with Crippen molar-refractivity contribution in [2.24, 2.45) is 0 Å². The van der Waals surface area contributed by atoms with E-state index in [1.807, 2.05) is 0 Å². The summed E-state index contributed by atoms with van der Waals surface area (Å²) in [5, 5.41) is 5.36. The number of rotatable bonds is 6. The molecule has 0 aliphatic heterocycles. The molecule has 9 heteroatoms. The van der Waals surface area contributed by atoms with E-state index < -0.39 is 11.9 Å². The number of anilines is 2. The van der Waals surface area contributed by atoms with Gasteiger partial charge in [0.15, 0.2) is 5.69 Å². The average Bonchev–Trinajstić information content (AvgIpc) is 2.58. The summed E-state index contributed by atoms with van der Waals surface area (Å²) in [5.41, 5.74) is -0.519. The third kappa shape index (κ3) is 5.33. The van der Waals surface area contributed by atoms with Gasteiger partial charge < -0.3 is 15.5 Å². The van der Waals surface area contributed by atoms with Crippen LogP contribution in [0.2, 0.25) is 0 Å². The quantitative estimate of drug-likeness (QED) is 0.781. The Hall–Kier alpha value is -2.84. The Kier molecular flexibility index (Phi) is 5.79. The summed E-state index contributed by atoms with van der Waals surface area (Å²) in [5.74, 6) is -0.271. The monoisotopic (exact) mass is 353 g/mol. The molecule has 0 spiro atoms. The maximum atomic E-state index is 12.9. The molecule has 0 unspecified atom stereocenters. The average molecular weight is 353 g/mol. The van der Waals surface area contributed by atoms with Gasteiger partial charge >= 0.3 is 6.18 Å². The van der Waals surface area contributed by atoms with Gasteiger partial charge in [-0.3, -0.25) is 4.79 Å². The molecule has 0 saturated carbocycles. The minimum atomic E-state index is -4.56. The van der Waals surface area contributed by atoms with Crippen molar-refractivity contribution in [3.8, 4) is 0 Å². The first-order chi connectivity index (χ1) is 11.8. The van der Waals surface area contributed by atoms with Crippen LogP contribution in [0.4, 0.5) is 24.9 Å². The summed E-state index contributed by atoms with van der Waals surface area (Å²) in [6.45, 7) is 0.400. The highest BCUT2D eigenvalue weighted by atomic mass is 19.4. The summed E-state index contributed by atoms with van der Waals surface area (Å²) in [4.78, 5) is 20.8. The molecule has 0 saturated heterocycles. The van der Waals surface area contributed by atoms with E-state index in [2.05, 4.69) is 20.6 Å². The molecule has 1 aromatic heterocycles. The largest absolute Gasteiger partial charge is 0.433 e. The number of benzene rings is 1. The molecule has 0 fully saturated rings. The third-order valence-electron chi connectivity index (χ3n) is 3.19. The van der Waals surface area contributed by atoms with E-state index in [1.165, 1.54) is 4.90 Å². The Bertz CT molecular complexity index is 719. The molecule has 2 aromatic rings. The highest BCUT2D eigenvalue weighted by Gasteiger charge is 2.33. The maximum Gasteiger partial charge on any atom is 0.433 e. The first kappa shape index (κ1) is 18.5. The topological polar surface area (TPSA) is 70.2 Å². The molecule has 1 heterocycles. The van der Waals surface area contributed by atoms with Crippen LogP contribution < -0.4 is 15.5 Å². The zero-order valence-electron chi connectivity index (χ0n) is 13.8. The Balaban J connectivity index is 1.96. The standard InChI is InChI=1S/C16H18F3N5O/c1-24(2)13-10-12(16(17,18)19)22-15(23-13)21-9-8-20-14(25)11-6-4-3-5-7-11/h3-7,10H,8-9H2,1-2H3,(H,20,25)(H,21,22,23). The highest BCUT2D eigenvalue weighted by Crippen LogP contribution is 2.30. The van der Waals surface area contributed by atoms with Gasteiger partial charge in [0.05, 0.1) is 0 Å². The fourth-order valence-corrected chi connectivity index (χ4v) is 1.93. The van der Waals surface area contributed by atoms with Crippen molar-refractivity contribution in [2.75, 3.05) is 37.4 Å². The predicted molar refractivity (Wildman–Crippen MR) is 88.6 cm³/mol. The number of amides is 1. The lowest BCUT2D eigenvalue weighted by atomic mass is 10.2. The van der Waals surface area contributed by atoms with Crippen molar-refractivity contribution in [1.82, 2.24) is 15.3 Å². The Morgan fingerprint density at radius 2 is 1.80 bits per heavy atom. The second kappa shape index (κ2) is 7.82. The van der Waals surface area contributed by atoms with Crippen molar-refractivity contribution in [3.05, 3.63) is 47.7 Å². The van der Waals surface area contributed by atoms with E-state index in [9.17, 15) is 18.0 Å². The van der Waals surface area contributed by atoms with Crippen molar-refractivity contribution >= 4 is 17.7 Å². The smallest absolute Gasteiger partial charge is 0.363 e. The van der Waals surface area contributed by atoms with E-state index in [-0.39, 0.29) is 30.8 Å². The first-order valence-corrected chi connectivity index (χ1v) is 7.48. The lowest BCUT2D eigenvalue weighted by Gasteiger charge is -2.16. The van der Waals surface area contributed by atoms with Gasteiger partial charge in [0.1, 0.15) is 5.82 Å². The van der Waals surface area contributed by atoms with Crippen LogP contribution in [-0.2, 0) is 6.18 Å². The van der Waals surface area contributed by atoms with Crippen LogP contribution in [-0.4, -0.2) is 43.1 Å². The number of alkyl halides is 3. The second-order valence-corrected chi connectivity index (χ2v) is 5.38. The highest BCUT2D eigenvalue weighted by molar-refractivity contribution is 5.94. The SMILES string of the molecule is CN(C)c1cc(C(F)(F)F)nc(NCCNC(=O)c2ccccc2)n1. The van der Waals surface area contributed by atoms with Gasteiger partial charge in [-0.25, -0.2) is 4.98 Å². The van der Waals surface area contributed by atoms with Crippen molar-refractivity contribution in [3.63, 3.8) is 0 Å². The van der Waals surface area contributed by atoms with Gasteiger partial charge in [-0.05, 0) is 12.1 Å². The van der Waals surface area contributed by atoms with Crippen LogP contribution >= 0.6 is 0 Å². The van der Waals surface area contributed by atoms with Crippen molar-refractivity contribution in [2.45, 2.75) is 6.18 Å². The maximum absolute atomic E-state index is 12.9. The van der Waals surface area contributed by atoms with E-state index >= 15 is 0 Å². The van der Waals surface area contributed by atoms with Gasteiger partial charge in [-0.1, -0.05) is 18.2 Å². The zero-order chi connectivity index (χ0) is 18.4. The molecule has 0 aliphatic carbocycles. The van der Waals surface area contributed by atoms with Crippen LogP contribution in [0.5, 0.6) is 0 Å². The number of carbonyl (C=O) groups excluding carboxylic acids is 1. The van der Waals surface area contributed by atoms with E-state index in [0.717, 1.165) is 6.07 Å². The fourth-order valence-electron chi connectivity index (χ4n) is 1.93. The molecule has 25 heavy (non-hydrogen) atoms. The Morgan fingerprint density at radius 1 is 1.12 bits per heavy atom. The summed E-state index contributed by atoms with van der Waals surface area (Å²) < 4.78 is 38.7. The van der Waals surface area contributed by atoms with E-state index in [1.54, 1.807) is 44.4 Å². The summed E-state index contributed by atoms with van der Waals surface area (Å²) in [7, 11) is 3.18. The van der Waals surface area contributed by atoms with Gasteiger partial charge in [-0.2, -0.15) is 18.2 Å². The predicted octanol–water partition coefficient (Wildman–Crippen LogP) is 2.40. The number of halogens is 3. The third-order valence-corrected chi connectivity index (χ3v) is 3.19. The first-order valence-electron chi connectivity index (χ1n) is 7.48. The van der Waals surface area contributed by atoms with E-state index in [0.29, 0.717) is 5.56 Å². The number of aromatic nitrogens is 2. The molecular formula is C16H18F3N5O. The summed E-state index contributed by atoms with van der Waals surface area (Å²) >= 11 is 0. The number of hydrogen-bond acceptors (Lipinski definition) is 5. The molecule has 0 radical (unpaired) electrons.